The SMILES string of the molecule is CSc1nccc(C(=CN(C)C)C(=O)c2ccco2)n1. The molecule has 0 aliphatic carbocycles. The summed E-state index contributed by atoms with van der Waals surface area (Å²) in [7, 11) is 3.71. The van der Waals surface area contributed by atoms with Gasteiger partial charge in [0.2, 0.25) is 5.78 Å². The van der Waals surface area contributed by atoms with Gasteiger partial charge in [0.1, 0.15) is 0 Å². The van der Waals surface area contributed by atoms with E-state index in [9.17, 15) is 4.79 Å². The largest absolute Gasteiger partial charge is 0.461 e. The van der Waals surface area contributed by atoms with Crippen molar-refractivity contribution in [1.29, 1.82) is 0 Å². The van der Waals surface area contributed by atoms with Gasteiger partial charge >= 0.3 is 0 Å². The zero-order valence-corrected chi connectivity index (χ0v) is 12.3. The zero-order valence-electron chi connectivity index (χ0n) is 11.5. The van der Waals surface area contributed by atoms with Crippen molar-refractivity contribution in [3.8, 4) is 0 Å². The van der Waals surface area contributed by atoms with Crippen LogP contribution in [0.4, 0.5) is 0 Å². The molecule has 0 aliphatic rings. The number of Topliss-reactive ketones (excluding diaryl/α,β-unsaturated/α-hetero) is 1. The topological polar surface area (TPSA) is 59.2 Å². The smallest absolute Gasteiger partial charge is 0.231 e. The Morgan fingerprint density at radius 1 is 1.40 bits per heavy atom. The average molecular weight is 289 g/mol. The zero-order chi connectivity index (χ0) is 14.5. The van der Waals surface area contributed by atoms with Crippen LogP contribution in [-0.2, 0) is 0 Å². The molecular weight excluding hydrogens is 274 g/mol. The van der Waals surface area contributed by atoms with Crippen LogP contribution in [0.25, 0.3) is 5.57 Å². The van der Waals surface area contributed by atoms with Gasteiger partial charge in [0.15, 0.2) is 10.9 Å². The highest BCUT2D eigenvalue weighted by Crippen LogP contribution is 2.20. The van der Waals surface area contributed by atoms with E-state index in [2.05, 4.69) is 9.97 Å². The third kappa shape index (κ3) is 3.27. The number of ketones is 1. The van der Waals surface area contributed by atoms with Crippen molar-refractivity contribution < 1.29 is 9.21 Å². The fraction of sp³-hybridized carbons (Fsp3) is 0.214. The number of aromatic nitrogens is 2. The second-order valence-electron chi connectivity index (χ2n) is 4.24. The molecule has 2 rings (SSSR count). The van der Waals surface area contributed by atoms with E-state index in [1.165, 1.54) is 18.0 Å². The number of carbonyl (C=O) groups excluding carboxylic acids is 1. The number of carbonyl (C=O) groups is 1. The van der Waals surface area contributed by atoms with Crippen molar-refractivity contribution in [2.45, 2.75) is 5.16 Å². The maximum absolute atomic E-state index is 12.5. The number of allylic oxidation sites excluding steroid dienone is 1. The minimum Gasteiger partial charge on any atom is -0.461 e. The van der Waals surface area contributed by atoms with Gasteiger partial charge in [0.05, 0.1) is 17.5 Å². The van der Waals surface area contributed by atoms with Crippen molar-refractivity contribution in [3.05, 3.63) is 48.3 Å². The molecule has 0 saturated carbocycles. The second kappa shape index (κ2) is 6.38. The van der Waals surface area contributed by atoms with Gasteiger partial charge in [-0.05, 0) is 24.5 Å². The second-order valence-corrected chi connectivity index (χ2v) is 5.01. The van der Waals surface area contributed by atoms with Gasteiger partial charge < -0.3 is 9.32 Å². The third-order valence-corrected chi connectivity index (χ3v) is 3.03. The van der Waals surface area contributed by atoms with Gasteiger partial charge in [0.25, 0.3) is 0 Å². The summed E-state index contributed by atoms with van der Waals surface area (Å²) in [6.07, 6.45) is 6.75. The fourth-order valence-electron chi connectivity index (χ4n) is 1.63. The first-order valence-corrected chi connectivity index (χ1v) is 7.18. The molecule has 20 heavy (non-hydrogen) atoms. The van der Waals surface area contributed by atoms with E-state index < -0.39 is 0 Å². The van der Waals surface area contributed by atoms with Gasteiger partial charge in [-0.3, -0.25) is 4.79 Å². The summed E-state index contributed by atoms with van der Waals surface area (Å²) in [6.45, 7) is 0. The molecule has 0 spiro atoms. The predicted molar refractivity (Wildman–Crippen MR) is 78.5 cm³/mol. The van der Waals surface area contributed by atoms with E-state index in [0.717, 1.165) is 0 Å². The Balaban J connectivity index is 2.45. The Morgan fingerprint density at radius 3 is 2.80 bits per heavy atom. The Kier molecular flexibility index (Phi) is 4.57. The Labute approximate surface area is 121 Å². The number of rotatable bonds is 5. The van der Waals surface area contributed by atoms with Crippen LogP contribution in [0.5, 0.6) is 0 Å². The minimum atomic E-state index is -0.200. The van der Waals surface area contributed by atoms with E-state index >= 15 is 0 Å². The first kappa shape index (κ1) is 14.3. The Bertz CT molecular complexity index is 621. The van der Waals surface area contributed by atoms with Crippen molar-refractivity contribution in [1.82, 2.24) is 14.9 Å². The molecule has 6 heteroatoms. The highest BCUT2D eigenvalue weighted by atomic mass is 32.2. The molecule has 2 aromatic rings. The van der Waals surface area contributed by atoms with Crippen LogP contribution >= 0.6 is 11.8 Å². The van der Waals surface area contributed by atoms with Crippen LogP contribution in [0.2, 0.25) is 0 Å². The van der Waals surface area contributed by atoms with Crippen LogP contribution < -0.4 is 0 Å². The Morgan fingerprint density at radius 2 is 2.20 bits per heavy atom. The molecule has 2 aromatic heterocycles. The molecule has 5 nitrogen and oxygen atoms in total. The number of hydrogen-bond donors (Lipinski definition) is 0. The number of furan rings is 1. The standard InChI is InChI=1S/C14H15N3O2S/c1-17(2)9-10(13(18)12-5-4-8-19-12)11-6-7-15-14(16-11)20-3/h4-9H,1-3H3. The van der Waals surface area contributed by atoms with E-state index in [0.29, 0.717) is 22.2 Å². The fourth-order valence-corrected chi connectivity index (χ4v) is 1.98. The first-order chi connectivity index (χ1) is 9.61. The molecular formula is C14H15N3O2S. The Hall–Kier alpha value is -2.08. The van der Waals surface area contributed by atoms with Crippen LogP contribution in [0.15, 0.2) is 46.4 Å². The number of nitrogens with zero attached hydrogens (tertiary/aromatic N) is 3. The summed E-state index contributed by atoms with van der Waals surface area (Å²) in [5.74, 6) is 0.0943. The van der Waals surface area contributed by atoms with Gasteiger partial charge in [0, 0.05) is 26.5 Å². The minimum absolute atomic E-state index is 0.200. The summed E-state index contributed by atoms with van der Waals surface area (Å²) in [5, 5.41) is 0.624. The van der Waals surface area contributed by atoms with Crippen molar-refractivity contribution in [2.24, 2.45) is 0 Å². The average Bonchev–Trinajstić information content (AvgIpc) is 2.98. The maximum atomic E-state index is 12.5. The van der Waals surface area contributed by atoms with Gasteiger partial charge in [-0.2, -0.15) is 0 Å². The summed E-state index contributed by atoms with van der Waals surface area (Å²) >= 11 is 1.43. The summed E-state index contributed by atoms with van der Waals surface area (Å²) < 4.78 is 5.18. The molecule has 0 aliphatic heterocycles. The quantitative estimate of drug-likeness (QED) is 0.365. The molecule has 0 bridgehead atoms. The molecule has 104 valence electrons. The van der Waals surface area contributed by atoms with Crippen LogP contribution in [0.3, 0.4) is 0 Å². The van der Waals surface area contributed by atoms with Crippen molar-refractivity contribution in [2.75, 3.05) is 20.4 Å². The molecule has 0 unspecified atom stereocenters. The van der Waals surface area contributed by atoms with Crippen LogP contribution in [-0.4, -0.2) is 41.0 Å². The molecule has 2 heterocycles. The van der Waals surface area contributed by atoms with E-state index in [1.54, 1.807) is 35.5 Å². The molecule has 0 N–H and O–H groups in total. The highest BCUT2D eigenvalue weighted by molar-refractivity contribution is 7.98. The third-order valence-electron chi connectivity index (χ3n) is 2.47. The lowest BCUT2D eigenvalue weighted by atomic mass is 10.1. The lowest BCUT2D eigenvalue weighted by Crippen LogP contribution is -2.10. The predicted octanol–water partition coefficient (Wildman–Crippen LogP) is 2.58. The first-order valence-electron chi connectivity index (χ1n) is 5.95. The molecule has 0 aromatic carbocycles. The van der Waals surface area contributed by atoms with Crippen LogP contribution in [0.1, 0.15) is 16.2 Å². The van der Waals surface area contributed by atoms with Crippen molar-refractivity contribution >= 4 is 23.1 Å². The maximum Gasteiger partial charge on any atom is 0.231 e. The summed E-state index contributed by atoms with van der Waals surface area (Å²) in [4.78, 5) is 22.8. The van der Waals surface area contributed by atoms with Gasteiger partial charge in [-0.1, -0.05) is 11.8 Å². The molecule has 0 atom stereocenters. The lowest BCUT2D eigenvalue weighted by Gasteiger charge is -2.10. The van der Waals surface area contributed by atoms with Gasteiger partial charge in [-0.15, -0.1) is 0 Å². The monoisotopic (exact) mass is 289 g/mol. The highest BCUT2D eigenvalue weighted by Gasteiger charge is 2.19. The number of hydrogen-bond acceptors (Lipinski definition) is 6. The van der Waals surface area contributed by atoms with Gasteiger partial charge in [-0.25, -0.2) is 9.97 Å². The van der Waals surface area contributed by atoms with E-state index in [-0.39, 0.29) is 5.78 Å². The van der Waals surface area contributed by atoms with Crippen molar-refractivity contribution in [3.63, 3.8) is 0 Å². The normalized spacial score (nSPS) is 11.4. The van der Waals surface area contributed by atoms with E-state index in [4.69, 9.17) is 4.42 Å². The molecule has 0 amide bonds. The summed E-state index contributed by atoms with van der Waals surface area (Å²) in [6, 6.07) is 5.05. The van der Waals surface area contributed by atoms with Crippen LogP contribution in [0, 0.1) is 0 Å². The lowest BCUT2D eigenvalue weighted by molar-refractivity contribution is 0.103. The molecule has 0 saturated heterocycles. The molecule has 0 fully saturated rings. The van der Waals surface area contributed by atoms with E-state index in [1.807, 2.05) is 20.4 Å². The summed E-state index contributed by atoms with van der Waals surface area (Å²) in [5.41, 5.74) is 1.06. The number of thioether (sulfide) groups is 1. The molecule has 0 radical (unpaired) electrons.